The Hall–Kier alpha value is -2.89. The van der Waals surface area contributed by atoms with Gasteiger partial charge in [0.2, 0.25) is 0 Å². The molecule has 0 aliphatic carbocycles. The molecule has 3 rings (SSSR count). The van der Waals surface area contributed by atoms with Crippen molar-refractivity contribution < 1.29 is 19.0 Å². The minimum absolute atomic E-state index is 0.119. The molecule has 0 spiro atoms. The Bertz CT molecular complexity index is 792. The molecule has 1 atom stereocenters. The summed E-state index contributed by atoms with van der Waals surface area (Å²) >= 11 is 0. The molecule has 0 saturated carbocycles. The van der Waals surface area contributed by atoms with E-state index in [0.29, 0.717) is 29.6 Å². The standard InChI is InChI=1S/C22H28N2O4/c1-26-18-12-10-16(11-13-18)17-7-4-5-14-24(15-17)22(25)23-19-8-6-9-20(27-2)21(19)28-3/h6,8-13,17H,4-5,7,14-15H2,1-3H3,(H,23,25). The largest absolute Gasteiger partial charge is 0.497 e. The van der Waals surface area contributed by atoms with Gasteiger partial charge in [-0.25, -0.2) is 4.79 Å². The fraction of sp³-hybridized carbons (Fsp3) is 0.409. The summed E-state index contributed by atoms with van der Waals surface area (Å²) in [6.07, 6.45) is 3.16. The van der Waals surface area contributed by atoms with Gasteiger partial charge in [0.15, 0.2) is 11.5 Å². The minimum atomic E-state index is -0.119. The van der Waals surface area contributed by atoms with E-state index in [1.807, 2.05) is 29.2 Å². The minimum Gasteiger partial charge on any atom is -0.497 e. The molecule has 150 valence electrons. The maximum absolute atomic E-state index is 13.0. The van der Waals surface area contributed by atoms with Gasteiger partial charge in [0, 0.05) is 19.0 Å². The first-order valence-electron chi connectivity index (χ1n) is 9.57. The van der Waals surface area contributed by atoms with Crippen LogP contribution in [0.5, 0.6) is 17.2 Å². The highest BCUT2D eigenvalue weighted by Gasteiger charge is 2.24. The normalized spacial score (nSPS) is 16.8. The molecule has 0 aromatic heterocycles. The quantitative estimate of drug-likeness (QED) is 0.824. The monoisotopic (exact) mass is 384 g/mol. The first kappa shape index (κ1) is 19.9. The summed E-state index contributed by atoms with van der Waals surface area (Å²) in [7, 11) is 4.82. The summed E-state index contributed by atoms with van der Waals surface area (Å²) in [6.45, 7) is 1.43. The van der Waals surface area contributed by atoms with Crippen molar-refractivity contribution in [3.63, 3.8) is 0 Å². The number of methoxy groups -OCH3 is 3. The number of nitrogens with zero attached hydrogens (tertiary/aromatic N) is 1. The van der Waals surface area contributed by atoms with Gasteiger partial charge in [-0.2, -0.15) is 0 Å². The molecule has 1 aliphatic rings. The van der Waals surface area contributed by atoms with E-state index >= 15 is 0 Å². The number of anilines is 1. The van der Waals surface area contributed by atoms with Crippen molar-refractivity contribution in [1.29, 1.82) is 0 Å². The summed E-state index contributed by atoms with van der Waals surface area (Å²) in [6, 6.07) is 13.5. The Morgan fingerprint density at radius 3 is 2.46 bits per heavy atom. The van der Waals surface area contributed by atoms with Gasteiger partial charge in [-0.3, -0.25) is 0 Å². The van der Waals surface area contributed by atoms with Crippen molar-refractivity contribution in [2.75, 3.05) is 39.7 Å². The Morgan fingerprint density at radius 2 is 1.79 bits per heavy atom. The fourth-order valence-electron chi connectivity index (χ4n) is 3.65. The van der Waals surface area contributed by atoms with Gasteiger partial charge >= 0.3 is 6.03 Å². The zero-order valence-corrected chi connectivity index (χ0v) is 16.7. The highest BCUT2D eigenvalue weighted by atomic mass is 16.5. The average molecular weight is 384 g/mol. The lowest BCUT2D eigenvalue weighted by Crippen LogP contribution is -2.37. The van der Waals surface area contributed by atoms with Gasteiger partial charge in [-0.05, 0) is 42.7 Å². The number of likely N-dealkylation sites (tertiary alicyclic amines) is 1. The number of benzene rings is 2. The highest BCUT2D eigenvalue weighted by molar-refractivity contribution is 5.91. The summed E-state index contributed by atoms with van der Waals surface area (Å²) < 4.78 is 16.0. The molecular weight excluding hydrogens is 356 g/mol. The molecule has 6 nitrogen and oxygen atoms in total. The van der Waals surface area contributed by atoms with E-state index in [4.69, 9.17) is 14.2 Å². The van der Waals surface area contributed by atoms with Crippen molar-refractivity contribution >= 4 is 11.7 Å². The SMILES string of the molecule is COc1ccc(C2CCCCN(C(=O)Nc3cccc(OC)c3OC)C2)cc1. The molecule has 0 bridgehead atoms. The summed E-state index contributed by atoms with van der Waals surface area (Å²) in [4.78, 5) is 14.9. The number of urea groups is 1. The molecule has 28 heavy (non-hydrogen) atoms. The predicted molar refractivity (Wildman–Crippen MR) is 110 cm³/mol. The van der Waals surface area contributed by atoms with Crippen LogP contribution in [0.1, 0.15) is 30.7 Å². The van der Waals surface area contributed by atoms with Crippen molar-refractivity contribution in [2.24, 2.45) is 0 Å². The van der Waals surface area contributed by atoms with Gasteiger partial charge in [0.1, 0.15) is 5.75 Å². The second-order valence-electron chi connectivity index (χ2n) is 6.88. The molecule has 2 aromatic carbocycles. The van der Waals surface area contributed by atoms with Gasteiger partial charge in [0.05, 0.1) is 27.0 Å². The van der Waals surface area contributed by atoms with Gasteiger partial charge in [-0.1, -0.05) is 24.6 Å². The third kappa shape index (κ3) is 4.50. The highest BCUT2D eigenvalue weighted by Crippen LogP contribution is 2.35. The molecular formula is C22H28N2O4. The Balaban J connectivity index is 1.74. The Kier molecular flexibility index (Phi) is 6.63. The van der Waals surface area contributed by atoms with Crippen molar-refractivity contribution in [2.45, 2.75) is 25.2 Å². The number of amides is 2. The first-order chi connectivity index (χ1) is 13.7. The zero-order valence-electron chi connectivity index (χ0n) is 16.7. The lowest BCUT2D eigenvalue weighted by atomic mass is 9.94. The number of rotatable bonds is 5. The number of carbonyl (C=O) groups is 1. The molecule has 1 unspecified atom stereocenters. The lowest BCUT2D eigenvalue weighted by molar-refractivity contribution is 0.211. The molecule has 1 saturated heterocycles. The topological polar surface area (TPSA) is 60.0 Å². The third-order valence-electron chi connectivity index (χ3n) is 5.19. The van der Waals surface area contributed by atoms with Gasteiger partial charge in [0.25, 0.3) is 0 Å². The van der Waals surface area contributed by atoms with Crippen LogP contribution >= 0.6 is 0 Å². The van der Waals surface area contributed by atoms with Crippen LogP contribution in [0.4, 0.5) is 10.5 Å². The number of para-hydroxylation sites is 1. The molecule has 1 fully saturated rings. The van der Waals surface area contributed by atoms with Crippen LogP contribution in [0.25, 0.3) is 0 Å². The van der Waals surface area contributed by atoms with Crippen LogP contribution in [0.3, 0.4) is 0 Å². The second kappa shape index (κ2) is 9.35. The molecule has 2 amide bonds. The fourth-order valence-corrected chi connectivity index (χ4v) is 3.65. The Labute approximate surface area is 166 Å². The van der Waals surface area contributed by atoms with Crippen LogP contribution in [-0.4, -0.2) is 45.3 Å². The third-order valence-corrected chi connectivity index (χ3v) is 5.19. The smallest absolute Gasteiger partial charge is 0.321 e. The van der Waals surface area contributed by atoms with Crippen molar-refractivity contribution in [3.8, 4) is 17.2 Å². The van der Waals surface area contributed by atoms with Crippen LogP contribution in [0.15, 0.2) is 42.5 Å². The van der Waals surface area contributed by atoms with Gasteiger partial charge in [-0.15, -0.1) is 0 Å². The van der Waals surface area contributed by atoms with Crippen LogP contribution < -0.4 is 19.5 Å². The van der Waals surface area contributed by atoms with E-state index in [9.17, 15) is 4.79 Å². The van der Waals surface area contributed by atoms with Crippen molar-refractivity contribution in [1.82, 2.24) is 4.90 Å². The molecule has 1 heterocycles. The molecule has 6 heteroatoms. The summed E-state index contributed by atoms with van der Waals surface area (Å²) in [5, 5.41) is 2.99. The van der Waals surface area contributed by atoms with E-state index < -0.39 is 0 Å². The van der Waals surface area contributed by atoms with E-state index in [1.165, 1.54) is 5.56 Å². The van der Waals surface area contributed by atoms with E-state index in [2.05, 4.69) is 17.4 Å². The number of hydrogen-bond donors (Lipinski definition) is 1. The van der Waals surface area contributed by atoms with Crippen LogP contribution in [0.2, 0.25) is 0 Å². The summed E-state index contributed by atoms with van der Waals surface area (Å²) in [5.41, 5.74) is 1.84. The lowest BCUT2D eigenvalue weighted by Gasteiger charge is -2.25. The number of carbonyl (C=O) groups excluding carboxylic acids is 1. The van der Waals surface area contributed by atoms with E-state index in [-0.39, 0.29) is 6.03 Å². The molecule has 2 aromatic rings. The maximum atomic E-state index is 13.0. The first-order valence-corrected chi connectivity index (χ1v) is 9.57. The number of hydrogen-bond acceptors (Lipinski definition) is 4. The molecule has 0 radical (unpaired) electrons. The average Bonchev–Trinajstić information content (AvgIpc) is 3.00. The maximum Gasteiger partial charge on any atom is 0.321 e. The second-order valence-corrected chi connectivity index (χ2v) is 6.88. The molecule has 1 aliphatic heterocycles. The predicted octanol–water partition coefficient (Wildman–Crippen LogP) is 4.51. The van der Waals surface area contributed by atoms with Crippen molar-refractivity contribution in [3.05, 3.63) is 48.0 Å². The van der Waals surface area contributed by atoms with Gasteiger partial charge < -0.3 is 24.4 Å². The van der Waals surface area contributed by atoms with E-state index in [0.717, 1.165) is 31.6 Å². The number of nitrogens with one attached hydrogen (secondary N) is 1. The zero-order chi connectivity index (χ0) is 19.9. The number of ether oxygens (including phenoxy) is 3. The Morgan fingerprint density at radius 1 is 1.00 bits per heavy atom. The molecule has 1 N–H and O–H groups in total. The van der Waals surface area contributed by atoms with E-state index in [1.54, 1.807) is 27.4 Å². The van der Waals surface area contributed by atoms with Crippen LogP contribution in [0, 0.1) is 0 Å². The van der Waals surface area contributed by atoms with Crippen LogP contribution in [-0.2, 0) is 0 Å². The summed E-state index contributed by atoms with van der Waals surface area (Å²) in [5.74, 6) is 2.27.